The number of hydrogen-bond donors (Lipinski definition) is 4. The molecule has 0 saturated carbocycles. The summed E-state index contributed by atoms with van der Waals surface area (Å²) in [5, 5.41) is 15.5. The van der Waals surface area contributed by atoms with Gasteiger partial charge in [0, 0.05) is 44.0 Å². The fourth-order valence-corrected chi connectivity index (χ4v) is 6.95. The summed E-state index contributed by atoms with van der Waals surface area (Å²) in [4.78, 5) is 27.4. The molecule has 0 spiro atoms. The van der Waals surface area contributed by atoms with E-state index in [1.807, 2.05) is 60.7 Å². The molecule has 9 nitrogen and oxygen atoms in total. The van der Waals surface area contributed by atoms with E-state index in [1.54, 1.807) is 12.1 Å². The van der Waals surface area contributed by atoms with Gasteiger partial charge in [-0.05, 0) is 72.3 Å². The molecule has 9 heteroatoms. The molecule has 2 amide bonds. The van der Waals surface area contributed by atoms with Crippen LogP contribution in [-0.4, -0.2) is 41.5 Å². The number of nitrogens with zero attached hydrogens (tertiary/aromatic N) is 1. The summed E-state index contributed by atoms with van der Waals surface area (Å²) in [6, 6.07) is 42.2. The second-order valence-electron chi connectivity index (χ2n) is 14.3. The van der Waals surface area contributed by atoms with Crippen LogP contribution in [0.5, 0.6) is 0 Å². The van der Waals surface area contributed by atoms with Gasteiger partial charge in [0.1, 0.15) is 0 Å². The Kier molecular flexibility index (Phi) is 13.8. The molecule has 1 heterocycles. The first kappa shape index (κ1) is 39.4. The predicted octanol–water partition coefficient (Wildman–Crippen LogP) is 8.48. The maximum absolute atomic E-state index is 12.8. The summed E-state index contributed by atoms with van der Waals surface area (Å²) in [7, 11) is 2.14. The number of nitrogen functional groups attached to an aromatic ring is 1. The van der Waals surface area contributed by atoms with E-state index in [9.17, 15) is 14.7 Å². The van der Waals surface area contributed by atoms with Gasteiger partial charge in [0.15, 0.2) is 6.29 Å². The molecule has 1 saturated heterocycles. The van der Waals surface area contributed by atoms with Crippen LogP contribution in [0.4, 0.5) is 11.4 Å². The maximum atomic E-state index is 12.8. The fourth-order valence-electron chi connectivity index (χ4n) is 6.95. The van der Waals surface area contributed by atoms with Crippen molar-refractivity contribution >= 4 is 23.2 Å². The van der Waals surface area contributed by atoms with E-state index in [-0.39, 0.29) is 36.7 Å². The van der Waals surface area contributed by atoms with Crippen molar-refractivity contribution in [2.45, 2.75) is 76.7 Å². The Morgan fingerprint density at radius 2 is 1.45 bits per heavy atom. The lowest BCUT2D eigenvalue weighted by Crippen LogP contribution is -2.38. The number of aliphatic hydroxyl groups excluding tert-OH is 1. The molecular formula is C46H52N4O5. The number of carbonyl (C=O) groups is 2. The SMILES string of the molecule is C[C@@H](c1ccccc1)N(C)C[C@H]1C[C@@H](c2ccc(CO)cc2)O[C@@H](c2ccc(-c3ccccc3CNC(=O)CCCCC(=O)Nc3ccccc3N)cc2)O1. The zero-order valence-electron chi connectivity index (χ0n) is 31.7. The molecule has 1 aliphatic heterocycles. The summed E-state index contributed by atoms with van der Waals surface area (Å²) in [5.74, 6) is -0.169. The lowest BCUT2D eigenvalue weighted by Gasteiger charge is -2.39. The van der Waals surface area contributed by atoms with Gasteiger partial charge in [0.05, 0.1) is 30.2 Å². The number of ether oxygens (including phenoxy) is 2. The average molecular weight is 741 g/mol. The molecule has 4 atom stereocenters. The Hall–Kier alpha value is -5.32. The zero-order valence-corrected chi connectivity index (χ0v) is 31.7. The van der Waals surface area contributed by atoms with E-state index in [1.165, 1.54) is 5.56 Å². The molecule has 1 fully saturated rings. The van der Waals surface area contributed by atoms with E-state index < -0.39 is 6.29 Å². The molecule has 5 aromatic rings. The normalized spacial score (nSPS) is 17.4. The summed E-state index contributed by atoms with van der Waals surface area (Å²) in [6.45, 7) is 3.34. The number of hydrogen-bond acceptors (Lipinski definition) is 7. The Morgan fingerprint density at radius 1 is 0.800 bits per heavy atom. The monoisotopic (exact) mass is 740 g/mol. The number of nitrogens with two attached hydrogens (primary N) is 1. The maximum Gasteiger partial charge on any atom is 0.224 e. The van der Waals surface area contributed by atoms with Gasteiger partial charge in [0.2, 0.25) is 11.8 Å². The van der Waals surface area contributed by atoms with E-state index in [4.69, 9.17) is 15.2 Å². The van der Waals surface area contributed by atoms with Crippen molar-refractivity contribution in [3.8, 4) is 11.1 Å². The molecule has 1 aliphatic rings. The number of nitrogens with one attached hydrogen (secondary N) is 2. The second kappa shape index (κ2) is 19.3. The number of unbranched alkanes of at least 4 members (excludes halogenated alkanes) is 1. The topological polar surface area (TPSA) is 126 Å². The highest BCUT2D eigenvalue weighted by Gasteiger charge is 2.33. The lowest BCUT2D eigenvalue weighted by atomic mass is 9.97. The van der Waals surface area contributed by atoms with Gasteiger partial charge < -0.3 is 30.9 Å². The van der Waals surface area contributed by atoms with Crippen LogP contribution in [0.1, 0.15) is 85.3 Å². The molecule has 286 valence electrons. The van der Waals surface area contributed by atoms with Gasteiger partial charge in [-0.25, -0.2) is 0 Å². The summed E-state index contributed by atoms with van der Waals surface area (Å²) in [6.07, 6.45) is 1.76. The van der Waals surface area contributed by atoms with Crippen LogP contribution in [0.2, 0.25) is 0 Å². The molecule has 0 aliphatic carbocycles. The Morgan fingerprint density at radius 3 is 2.18 bits per heavy atom. The molecule has 0 bridgehead atoms. The number of para-hydroxylation sites is 2. The third kappa shape index (κ3) is 10.9. The largest absolute Gasteiger partial charge is 0.397 e. The third-order valence-electron chi connectivity index (χ3n) is 10.3. The summed E-state index contributed by atoms with van der Waals surface area (Å²) >= 11 is 0. The van der Waals surface area contributed by atoms with E-state index in [2.05, 4.69) is 84.1 Å². The standard InChI is InChI=1S/C46H52N4O5/c1-32(34-12-4-3-5-13-34)50(2)30-39-28-43(36-22-20-33(31-51)21-23-36)55-46(54-39)37-26-24-35(25-27-37)40-15-7-6-14-38(40)29-48-44(52)18-10-11-19-45(53)49-42-17-9-8-16-41(42)47/h3-9,12-17,20-27,32,39,43,46,51H,10-11,18-19,28-31,47H2,1-2H3,(H,48,52)(H,49,53)/t32-,39+,43-,46-/m0/s1. The quantitative estimate of drug-likeness (QED) is 0.0591. The third-order valence-corrected chi connectivity index (χ3v) is 10.3. The number of benzene rings is 5. The minimum atomic E-state index is -0.562. The molecule has 0 radical (unpaired) electrons. The van der Waals surface area contributed by atoms with E-state index >= 15 is 0 Å². The van der Waals surface area contributed by atoms with Crippen molar-refractivity contribution in [2.24, 2.45) is 0 Å². The number of likely N-dealkylation sites (N-methyl/N-ethyl adjacent to an activating group) is 1. The lowest BCUT2D eigenvalue weighted by molar-refractivity contribution is -0.253. The van der Waals surface area contributed by atoms with Gasteiger partial charge in [-0.2, -0.15) is 0 Å². The molecule has 0 aromatic heterocycles. The summed E-state index contributed by atoms with van der Waals surface area (Å²) < 4.78 is 13.3. The highest BCUT2D eigenvalue weighted by Crippen LogP contribution is 2.39. The minimum Gasteiger partial charge on any atom is -0.397 e. The van der Waals surface area contributed by atoms with Crippen molar-refractivity contribution in [3.63, 3.8) is 0 Å². The van der Waals surface area contributed by atoms with Crippen molar-refractivity contribution < 1.29 is 24.2 Å². The van der Waals surface area contributed by atoms with E-state index in [0.29, 0.717) is 50.0 Å². The molecule has 55 heavy (non-hydrogen) atoms. The van der Waals surface area contributed by atoms with Gasteiger partial charge in [-0.3, -0.25) is 14.5 Å². The van der Waals surface area contributed by atoms with Crippen molar-refractivity contribution in [1.82, 2.24) is 10.2 Å². The predicted molar refractivity (Wildman–Crippen MR) is 218 cm³/mol. The Balaban J connectivity index is 1.07. The fraction of sp³-hybridized carbons (Fsp3) is 0.304. The number of anilines is 2. The smallest absolute Gasteiger partial charge is 0.224 e. The van der Waals surface area contributed by atoms with Crippen LogP contribution in [0.3, 0.4) is 0 Å². The molecule has 0 unspecified atom stereocenters. The highest BCUT2D eigenvalue weighted by molar-refractivity contribution is 5.93. The van der Waals surface area contributed by atoms with Crippen LogP contribution < -0.4 is 16.4 Å². The highest BCUT2D eigenvalue weighted by atomic mass is 16.7. The van der Waals surface area contributed by atoms with Crippen LogP contribution in [-0.2, 0) is 32.2 Å². The van der Waals surface area contributed by atoms with Crippen molar-refractivity contribution in [3.05, 3.63) is 155 Å². The molecule has 5 aromatic carbocycles. The number of rotatable bonds is 16. The number of aliphatic hydroxyl groups is 1. The Labute approximate surface area is 324 Å². The van der Waals surface area contributed by atoms with Crippen LogP contribution in [0.15, 0.2) is 127 Å². The van der Waals surface area contributed by atoms with Gasteiger partial charge in [-0.15, -0.1) is 0 Å². The summed E-state index contributed by atoms with van der Waals surface area (Å²) in [5.41, 5.74) is 14.2. The van der Waals surface area contributed by atoms with Crippen LogP contribution >= 0.6 is 0 Å². The molecular weight excluding hydrogens is 689 g/mol. The first-order valence-corrected chi connectivity index (χ1v) is 19.1. The second-order valence-corrected chi connectivity index (χ2v) is 14.3. The first-order chi connectivity index (χ1) is 26.8. The van der Waals surface area contributed by atoms with E-state index in [0.717, 1.165) is 39.9 Å². The Bertz CT molecular complexity index is 1990. The molecule has 6 rings (SSSR count). The number of carbonyl (C=O) groups excluding carboxylic acids is 2. The van der Waals surface area contributed by atoms with Gasteiger partial charge >= 0.3 is 0 Å². The van der Waals surface area contributed by atoms with Gasteiger partial charge in [0.25, 0.3) is 0 Å². The van der Waals surface area contributed by atoms with Crippen molar-refractivity contribution in [1.29, 1.82) is 0 Å². The average Bonchev–Trinajstić information content (AvgIpc) is 3.22. The van der Waals surface area contributed by atoms with Gasteiger partial charge in [-0.1, -0.05) is 115 Å². The zero-order chi connectivity index (χ0) is 38.6. The number of amides is 2. The van der Waals surface area contributed by atoms with Crippen LogP contribution in [0.25, 0.3) is 11.1 Å². The minimum absolute atomic E-state index is 0.00181. The van der Waals surface area contributed by atoms with Crippen molar-refractivity contribution in [2.75, 3.05) is 24.6 Å². The van der Waals surface area contributed by atoms with Crippen LogP contribution in [0, 0.1) is 0 Å². The molecule has 5 N–H and O–H groups in total. The first-order valence-electron chi connectivity index (χ1n) is 19.1.